The van der Waals surface area contributed by atoms with E-state index < -0.39 is 0 Å². The van der Waals surface area contributed by atoms with Crippen molar-refractivity contribution in [1.29, 1.82) is 0 Å². The SMILES string of the molecule is Cc1nc(C2CCCN(CC3(C)CCNC3)C2)n[nH]1.Cl. The van der Waals surface area contributed by atoms with Gasteiger partial charge in [0.15, 0.2) is 5.82 Å². The van der Waals surface area contributed by atoms with E-state index in [4.69, 9.17) is 0 Å². The number of halogens is 1. The first-order valence-corrected chi connectivity index (χ1v) is 7.47. The molecule has 114 valence electrons. The number of likely N-dealkylation sites (tertiary alicyclic amines) is 1. The van der Waals surface area contributed by atoms with Crippen LogP contribution in [0.15, 0.2) is 0 Å². The maximum Gasteiger partial charge on any atom is 0.155 e. The van der Waals surface area contributed by atoms with Gasteiger partial charge in [0, 0.05) is 25.6 Å². The summed E-state index contributed by atoms with van der Waals surface area (Å²) in [5.74, 6) is 2.45. The Bertz CT molecular complexity index is 427. The van der Waals surface area contributed by atoms with Crippen LogP contribution >= 0.6 is 12.4 Å². The Kier molecular flexibility index (Phi) is 5.04. The highest BCUT2D eigenvalue weighted by atomic mass is 35.5. The molecule has 0 amide bonds. The summed E-state index contributed by atoms with van der Waals surface area (Å²) >= 11 is 0. The molecule has 2 N–H and O–H groups in total. The maximum atomic E-state index is 4.51. The molecule has 0 aliphatic carbocycles. The summed E-state index contributed by atoms with van der Waals surface area (Å²) in [4.78, 5) is 7.13. The molecule has 1 aromatic rings. The molecule has 0 spiro atoms. The third kappa shape index (κ3) is 3.51. The van der Waals surface area contributed by atoms with Gasteiger partial charge in [-0.2, -0.15) is 5.10 Å². The lowest BCUT2D eigenvalue weighted by Crippen LogP contribution is -2.42. The van der Waals surface area contributed by atoms with Crippen LogP contribution in [0, 0.1) is 12.3 Å². The van der Waals surface area contributed by atoms with Gasteiger partial charge in [0.05, 0.1) is 0 Å². The van der Waals surface area contributed by atoms with Crippen molar-refractivity contribution in [3.8, 4) is 0 Å². The van der Waals surface area contributed by atoms with Crippen LogP contribution in [-0.2, 0) is 0 Å². The van der Waals surface area contributed by atoms with Crippen LogP contribution in [-0.4, -0.2) is 52.8 Å². The van der Waals surface area contributed by atoms with Crippen LogP contribution in [0.1, 0.15) is 43.8 Å². The summed E-state index contributed by atoms with van der Waals surface area (Å²) in [5, 5.41) is 10.8. The minimum absolute atomic E-state index is 0. The lowest BCUT2D eigenvalue weighted by atomic mass is 9.87. The quantitative estimate of drug-likeness (QED) is 0.892. The topological polar surface area (TPSA) is 56.8 Å². The number of rotatable bonds is 3. The van der Waals surface area contributed by atoms with Crippen molar-refractivity contribution in [3.05, 3.63) is 11.6 Å². The lowest BCUT2D eigenvalue weighted by molar-refractivity contribution is 0.139. The van der Waals surface area contributed by atoms with E-state index in [0.29, 0.717) is 11.3 Å². The fourth-order valence-corrected chi connectivity index (χ4v) is 3.50. The fourth-order valence-electron chi connectivity index (χ4n) is 3.50. The van der Waals surface area contributed by atoms with Crippen molar-refractivity contribution in [1.82, 2.24) is 25.4 Å². The molecule has 2 unspecified atom stereocenters. The number of nitrogens with zero attached hydrogens (tertiary/aromatic N) is 3. The molecule has 0 saturated carbocycles. The number of hydrogen-bond donors (Lipinski definition) is 2. The first kappa shape index (κ1) is 15.7. The van der Waals surface area contributed by atoms with Crippen LogP contribution in [0.5, 0.6) is 0 Å². The monoisotopic (exact) mass is 299 g/mol. The van der Waals surface area contributed by atoms with Crippen LogP contribution in [0.3, 0.4) is 0 Å². The van der Waals surface area contributed by atoms with Gasteiger partial charge in [-0.25, -0.2) is 4.98 Å². The molecule has 0 aromatic carbocycles. The van der Waals surface area contributed by atoms with E-state index in [1.54, 1.807) is 0 Å². The fraction of sp³-hybridized carbons (Fsp3) is 0.857. The Morgan fingerprint density at radius 1 is 1.45 bits per heavy atom. The Morgan fingerprint density at radius 2 is 2.30 bits per heavy atom. The summed E-state index contributed by atoms with van der Waals surface area (Å²) in [6.07, 6.45) is 3.79. The molecular weight excluding hydrogens is 274 g/mol. The minimum atomic E-state index is 0. The highest BCUT2D eigenvalue weighted by Gasteiger charge is 2.33. The molecular formula is C14H26ClN5. The van der Waals surface area contributed by atoms with Gasteiger partial charge >= 0.3 is 0 Å². The van der Waals surface area contributed by atoms with E-state index in [1.165, 1.54) is 38.9 Å². The second-order valence-corrected chi connectivity index (χ2v) is 6.59. The molecule has 5 nitrogen and oxygen atoms in total. The normalized spacial score (nSPS) is 31.2. The first-order chi connectivity index (χ1) is 9.15. The molecule has 2 aliphatic rings. The summed E-state index contributed by atoms with van der Waals surface area (Å²) in [5.41, 5.74) is 0.455. The largest absolute Gasteiger partial charge is 0.316 e. The van der Waals surface area contributed by atoms with E-state index in [9.17, 15) is 0 Å². The predicted octanol–water partition coefficient (Wildman–Crippen LogP) is 1.71. The zero-order chi connectivity index (χ0) is 13.3. The van der Waals surface area contributed by atoms with Crippen molar-refractivity contribution in [2.45, 2.75) is 39.0 Å². The second-order valence-electron chi connectivity index (χ2n) is 6.59. The summed E-state index contributed by atoms with van der Waals surface area (Å²) in [6.45, 7) is 10.3. The molecule has 2 saturated heterocycles. The molecule has 2 fully saturated rings. The molecule has 6 heteroatoms. The van der Waals surface area contributed by atoms with Gasteiger partial charge in [0.1, 0.15) is 5.82 Å². The van der Waals surface area contributed by atoms with Gasteiger partial charge in [-0.05, 0) is 44.7 Å². The van der Waals surface area contributed by atoms with Crippen LogP contribution in [0.2, 0.25) is 0 Å². The van der Waals surface area contributed by atoms with Gasteiger partial charge in [0.25, 0.3) is 0 Å². The van der Waals surface area contributed by atoms with E-state index in [1.807, 2.05) is 6.92 Å². The van der Waals surface area contributed by atoms with Gasteiger partial charge < -0.3 is 10.2 Å². The van der Waals surface area contributed by atoms with Crippen molar-refractivity contribution in [2.75, 3.05) is 32.7 Å². The molecule has 0 bridgehead atoms. The van der Waals surface area contributed by atoms with Crippen LogP contribution in [0.25, 0.3) is 0 Å². The number of hydrogen-bond acceptors (Lipinski definition) is 4. The van der Waals surface area contributed by atoms with Crippen LogP contribution in [0.4, 0.5) is 0 Å². The maximum absolute atomic E-state index is 4.51. The lowest BCUT2D eigenvalue weighted by Gasteiger charge is -2.36. The molecule has 20 heavy (non-hydrogen) atoms. The highest BCUT2D eigenvalue weighted by Crippen LogP contribution is 2.30. The van der Waals surface area contributed by atoms with E-state index >= 15 is 0 Å². The van der Waals surface area contributed by atoms with Gasteiger partial charge in [0.2, 0.25) is 0 Å². The molecule has 2 atom stereocenters. The molecule has 1 aromatic heterocycles. The molecule has 0 radical (unpaired) electrons. The number of aromatic nitrogens is 3. The standard InChI is InChI=1S/C14H25N5.ClH/c1-11-16-13(18-17-11)12-4-3-7-19(8-12)10-14(2)5-6-15-9-14;/h12,15H,3-10H2,1-2H3,(H,16,17,18);1H. The summed E-state index contributed by atoms with van der Waals surface area (Å²) in [6, 6.07) is 0. The third-order valence-electron chi connectivity index (χ3n) is 4.55. The Labute approximate surface area is 127 Å². The predicted molar refractivity (Wildman–Crippen MR) is 82.4 cm³/mol. The van der Waals surface area contributed by atoms with Crippen LogP contribution < -0.4 is 5.32 Å². The highest BCUT2D eigenvalue weighted by molar-refractivity contribution is 5.85. The van der Waals surface area contributed by atoms with Crippen molar-refractivity contribution in [3.63, 3.8) is 0 Å². The summed E-state index contributed by atoms with van der Waals surface area (Å²) < 4.78 is 0. The smallest absolute Gasteiger partial charge is 0.155 e. The molecule has 2 aliphatic heterocycles. The Balaban J connectivity index is 0.00000147. The van der Waals surface area contributed by atoms with Crippen molar-refractivity contribution >= 4 is 12.4 Å². The number of H-pyrrole nitrogens is 1. The van der Waals surface area contributed by atoms with Gasteiger partial charge in [-0.3, -0.25) is 5.10 Å². The zero-order valence-corrected chi connectivity index (χ0v) is 13.3. The number of aryl methyl sites for hydroxylation is 1. The third-order valence-corrected chi connectivity index (χ3v) is 4.55. The average molecular weight is 300 g/mol. The Hall–Kier alpha value is -0.650. The van der Waals surface area contributed by atoms with E-state index in [0.717, 1.165) is 24.7 Å². The second kappa shape index (κ2) is 6.41. The van der Waals surface area contributed by atoms with Gasteiger partial charge in [-0.1, -0.05) is 6.92 Å². The minimum Gasteiger partial charge on any atom is -0.316 e. The number of aromatic amines is 1. The first-order valence-electron chi connectivity index (χ1n) is 7.47. The van der Waals surface area contributed by atoms with E-state index in [-0.39, 0.29) is 12.4 Å². The number of piperidine rings is 1. The average Bonchev–Trinajstić information content (AvgIpc) is 2.99. The Morgan fingerprint density at radius 3 is 2.95 bits per heavy atom. The zero-order valence-electron chi connectivity index (χ0n) is 12.5. The molecule has 3 rings (SSSR count). The summed E-state index contributed by atoms with van der Waals surface area (Å²) in [7, 11) is 0. The van der Waals surface area contributed by atoms with E-state index in [2.05, 4.69) is 32.3 Å². The van der Waals surface area contributed by atoms with Crippen molar-refractivity contribution < 1.29 is 0 Å². The molecule has 3 heterocycles. The number of nitrogens with one attached hydrogen (secondary N) is 2. The van der Waals surface area contributed by atoms with Gasteiger partial charge in [-0.15, -0.1) is 12.4 Å². The van der Waals surface area contributed by atoms with Crippen molar-refractivity contribution in [2.24, 2.45) is 5.41 Å².